The molecule has 0 saturated carbocycles. The molecular weight excluding hydrogens is 370 g/mol. The lowest BCUT2D eigenvalue weighted by Crippen LogP contribution is -2.07. The van der Waals surface area contributed by atoms with E-state index in [1.807, 2.05) is 30.3 Å². The smallest absolute Gasteiger partial charge is 0.349 e. The normalized spacial score (nSPS) is 11.0. The van der Waals surface area contributed by atoms with Gasteiger partial charge in [0.1, 0.15) is 17.4 Å². The summed E-state index contributed by atoms with van der Waals surface area (Å²) in [6.45, 7) is 1.86. The summed E-state index contributed by atoms with van der Waals surface area (Å²) in [5.74, 6) is 0.470. The third-order valence-corrected chi connectivity index (χ3v) is 4.18. The van der Waals surface area contributed by atoms with Crippen LogP contribution in [0, 0.1) is 11.3 Å². The van der Waals surface area contributed by atoms with Gasteiger partial charge in [-0.3, -0.25) is 0 Å². The first-order chi connectivity index (χ1) is 14.1. The Labute approximate surface area is 168 Å². The molecule has 0 aliphatic carbocycles. The minimum Gasteiger partial charge on any atom is -0.497 e. The second-order valence-electron chi connectivity index (χ2n) is 6.08. The maximum Gasteiger partial charge on any atom is 0.349 e. The summed E-state index contributed by atoms with van der Waals surface area (Å²) < 4.78 is 15.3. The molecule has 0 radical (unpaired) electrons. The molecular formula is C22H19N3O4. The third-order valence-electron chi connectivity index (χ3n) is 4.18. The molecule has 146 valence electrons. The molecule has 7 nitrogen and oxygen atoms in total. The Hall–Kier alpha value is -3.92. The Morgan fingerprint density at radius 1 is 1.17 bits per heavy atom. The molecule has 0 bridgehead atoms. The number of hydrogen-bond donors (Lipinski definition) is 0. The molecule has 0 fully saturated rings. The molecule has 1 aromatic heterocycles. The maximum absolute atomic E-state index is 12.2. The van der Waals surface area contributed by atoms with Crippen LogP contribution < -0.4 is 4.74 Å². The highest BCUT2D eigenvalue weighted by Gasteiger charge is 2.14. The van der Waals surface area contributed by atoms with E-state index in [1.165, 1.54) is 11.6 Å². The van der Waals surface area contributed by atoms with Gasteiger partial charge in [0.25, 0.3) is 5.89 Å². The van der Waals surface area contributed by atoms with Crippen molar-refractivity contribution in [2.75, 3.05) is 7.11 Å². The molecule has 0 aliphatic rings. The molecule has 1 heterocycles. The fourth-order valence-electron chi connectivity index (χ4n) is 2.53. The molecule has 2 aromatic carbocycles. The molecule has 0 atom stereocenters. The molecule has 0 aliphatic heterocycles. The first-order valence-electron chi connectivity index (χ1n) is 8.97. The van der Waals surface area contributed by atoms with Crippen LogP contribution >= 0.6 is 0 Å². The number of carbonyl (C=O) groups is 1. The summed E-state index contributed by atoms with van der Waals surface area (Å²) in [7, 11) is 1.56. The van der Waals surface area contributed by atoms with Crippen LogP contribution in [0.4, 0.5) is 0 Å². The summed E-state index contributed by atoms with van der Waals surface area (Å²) in [4.78, 5) is 16.4. The summed E-state index contributed by atoms with van der Waals surface area (Å²) in [6, 6.07) is 16.6. The summed E-state index contributed by atoms with van der Waals surface area (Å²) in [5.41, 5.74) is 2.56. The predicted molar refractivity (Wildman–Crippen MR) is 105 cm³/mol. The minimum atomic E-state index is -0.768. The van der Waals surface area contributed by atoms with Crippen molar-refractivity contribution in [3.05, 3.63) is 71.1 Å². The number of hydrogen-bond acceptors (Lipinski definition) is 7. The van der Waals surface area contributed by atoms with Gasteiger partial charge in [0.2, 0.25) is 5.82 Å². The van der Waals surface area contributed by atoms with E-state index in [0.29, 0.717) is 17.1 Å². The van der Waals surface area contributed by atoms with Gasteiger partial charge in [-0.1, -0.05) is 48.5 Å². The van der Waals surface area contributed by atoms with E-state index in [2.05, 4.69) is 17.1 Å². The number of aryl methyl sites for hydroxylation is 1. The van der Waals surface area contributed by atoms with E-state index in [9.17, 15) is 10.1 Å². The summed E-state index contributed by atoms with van der Waals surface area (Å²) >= 11 is 0. The van der Waals surface area contributed by atoms with Crippen molar-refractivity contribution in [3.63, 3.8) is 0 Å². The van der Waals surface area contributed by atoms with Crippen molar-refractivity contribution in [1.29, 1.82) is 5.26 Å². The quantitative estimate of drug-likeness (QED) is 0.343. The van der Waals surface area contributed by atoms with E-state index < -0.39 is 5.97 Å². The van der Waals surface area contributed by atoms with Crippen LogP contribution in [-0.2, 0) is 22.6 Å². The van der Waals surface area contributed by atoms with Crippen molar-refractivity contribution in [3.8, 4) is 23.2 Å². The number of benzene rings is 2. The fourth-order valence-corrected chi connectivity index (χ4v) is 2.53. The Bertz CT molecular complexity index is 1040. The number of methoxy groups -OCH3 is 1. The average Bonchev–Trinajstić information content (AvgIpc) is 3.25. The lowest BCUT2D eigenvalue weighted by Gasteiger charge is -2.02. The number of esters is 1. The van der Waals surface area contributed by atoms with Crippen LogP contribution in [0.3, 0.4) is 0 Å². The Kier molecular flexibility index (Phi) is 6.38. The van der Waals surface area contributed by atoms with Crippen molar-refractivity contribution in [2.45, 2.75) is 20.0 Å². The molecule has 0 spiro atoms. The van der Waals surface area contributed by atoms with E-state index in [-0.39, 0.29) is 18.1 Å². The zero-order chi connectivity index (χ0) is 20.6. The molecule has 7 heteroatoms. The Balaban J connectivity index is 1.63. The largest absolute Gasteiger partial charge is 0.497 e. The van der Waals surface area contributed by atoms with Crippen LogP contribution in [0.25, 0.3) is 17.5 Å². The topological polar surface area (TPSA) is 98.2 Å². The second-order valence-corrected chi connectivity index (χ2v) is 6.08. The molecule has 3 rings (SSSR count). The highest BCUT2D eigenvalue weighted by molar-refractivity contribution is 5.97. The number of nitriles is 1. The van der Waals surface area contributed by atoms with Gasteiger partial charge in [-0.05, 0) is 35.8 Å². The molecule has 0 unspecified atom stereocenters. The van der Waals surface area contributed by atoms with E-state index in [0.717, 1.165) is 12.0 Å². The number of aromatic nitrogens is 2. The van der Waals surface area contributed by atoms with Crippen molar-refractivity contribution < 1.29 is 18.8 Å². The van der Waals surface area contributed by atoms with Gasteiger partial charge in [0.05, 0.1) is 7.11 Å². The summed E-state index contributed by atoms with van der Waals surface area (Å²) in [6.07, 6.45) is 2.38. The molecule has 0 amide bonds. The third kappa shape index (κ3) is 5.08. The van der Waals surface area contributed by atoms with Gasteiger partial charge in [0.15, 0.2) is 6.61 Å². The van der Waals surface area contributed by atoms with Crippen LogP contribution in [-0.4, -0.2) is 23.2 Å². The monoisotopic (exact) mass is 389 g/mol. The molecule has 3 aromatic rings. The standard InChI is InChI=1S/C22H19N3O4/c1-3-15-4-8-17(9-5-15)21-24-20(29-25-21)14-28-22(26)18(13-23)12-16-6-10-19(27-2)11-7-16/h4-12H,3,14H2,1-2H3/b18-12+. The van der Waals surface area contributed by atoms with Crippen molar-refractivity contribution >= 4 is 12.0 Å². The van der Waals surface area contributed by atoms with Crippen LogP contribution in [0.1, 0.15) is 23.9 Å². The van der Waals surface area contributed by atoms with E-state index in [4.69, 9.17) is 14.0 Å². The van der Waals surface area contributed by atoms with Gasteiger partial charge in [-0.25, -0.2) is 4.79 Å². The van der Waals surface area contributed by atoms with E-state index >= 15 is 0 Å². The van der Waals surface area contributed by atoms with E-state index in [1.54, 1.807) is 31.4 Å². The maximum atomic E-state index is 12.2. The van der Waals surface area contributed by atoms with Crippen molar-refractivity contribution in [2.24, 2.45) is 0 Å². The first-order valence-corrected chi connectivity index (χ1v) is 8.97. The van der Waals surface area contributed by atoms with Crippen molar-refractivity contribution in [1.82, 2.24) is 10.1 Å². The van der Waals surface area contributed by atoms with Gasteiger partial charge in [-0.15, -0.1) is 0 Å². The average molecular weight is 389 g/mol. The van der Waals surface area contributed by atoms with Crippen LogP contribution in [0.2, 0.25) is 0 Å². The Morgan fingerprint density at radius 2 is 1.90 bits per heavy atom. The van der Waals surface area contributed by atoms with Crippen LogP contribution in [0.5, 0.6) is 5.75 Å². The van der Waals surface area contributed by atoms with Gasteiger partial charge in [0, 0.05) is 5.56 Å². The molecule has 0 N–H and O–H groups in total. The number of ether oxygens (including phenoxy) is 2. The highest BCUT2D eigenvalue weighted by Crippen LogP contribution is 2.18. The van der Waals surface area contributed by atoms with Gasteiger partial charge < -0.3 is 14.0 Å². The molecule has 29 heavy (non-hydrogen) atoms. The molecule has 0 saturated heterocycles. The first kappa shape index (κ1) is 19.8. The number of carbonyl (C=O) groups excluding carboxylic acids is 1. The zero-order valence-electron chi connectivity index (χ0n) is 16.1. The van der Waals surface area contributed by atoms with Gasteiger partial charge in [-0.2, -0.15) is 10.2 Å². The zero-order valence-corrected chi connectivity index (χ0v) is 16.1. The highest BCUT2D eigenvalue weighted by atomic mass is 16.6. The second kappa shape index (κ2) is 9.33. The van der Waals surface area contributed by atoms with Gasteiger partial charge >= 0.3 is 5.97 Å². The predicted octanol–water partition coefficient (Wildman–Crippen LogP) is 3.96. The minimum absolute atomic E-state index is 0.134. The Morgan fingerprint density at radius 3 is 2.52 bits per heavy atom. The fraction of sp³-hybridized carbons (Fsp3) is 0.182. The van der Waals surface area contributed by atoms with Crippen LogP contribution in [0.15, 0.2) is 58.6 Å². The SMILES string of the molecule is CCc1ccc(-c2noc(COC(=O)/C(C#N)=C/c3ccc(OC)cc3)n2)cc1. The number of nitrogens with zero attached hydrogens (tertiary/aromatic N) is 3. The number of rotatable bonds is 7. The lowest BCUT2D eigenvalue weighted by molar-refractivity contribution is -0.140. The summed E-state index contributed by atoms with van der Waals surface area (Å²) in [5, 5.41) is 13.2. The lowest BCUT2D eigenvalue weighted by atomic mass is 10.1.